The van der Waals surface area contributed by atoms with Gasteiger partial charge in [0.25, 0.3) is 11.7 Å². The monoisotopic (exact) mass is 262 g/mol. The number of nitrogens with one attached hydrogen (secondary N) is 1. The molecule has 2 rings (SSSR count). The van der Waals surface area contributed by atoms with Crippen LogP contribution in [-0.2, 0) is 6.42 Å². The van der Waals surface area contributed by atoms with Gasteiger partial charge in [0.1, 0.15) is 0 Å². The fourth-order valence-electron chi connectivity index (χ4n) is 1.76. The van der Waals surface area contributed by atoms with Crippen molar-refractivity contribution < 1.29 is 9.32 Å². The molecule has 102 valence electrons. The van der Waals surface area contributed by atoms with E-state index >= 15 is 0 Å². The molecule has 0 aliphatic heterocycles. The second-order valence-corrected chi connectivity index (χ2v) is 5.44. The number of carbonyl (C=O) groups excluding carboxylic acids is 1. The summed E-state index contributed by atoms with van der Waals surface area (Å²) in [5.74, 6) is 0.217. The molecule has 1 aromatic heterocycles. The normalized spacial score (nSPS) is 17.5. The van der Waals surface area contributed by atoms with E-state index in [9.17, 15) is 4.79 Å². The Labute approximate surface area is 112 Å². The third kappa shape index (κ3) is 3.53. The van der Waals surface area contributed by atoms with Gasteiger partial charge in [0.15, 0.2) is 0 Å². The van der Waals surface area contributed by atoms with E-state index in [0.717, 1.165) is 19.3 Å². The molecule has 1 saturated carbocycles. The Bertz CT molecular complexity index is 501. The molecule has 1 amide bonds. The van der Waals surface area contributed by atoms with Gasteiger partial charge in [-0.1, -0.05) is 19.0 Å². The summed E-state index contributed by atoms with van der Waals surface area (Å²) in [6.07, 6.45) is 3.82. The summed E-state index contributed by atoms with van der Waals surface area (Å²) < 4.78 is 5.10. The molecule has 19 heavy (non-hydrogen) atoms. The van der Waals surface area contributed by atoms with Crippen LogP contribution in [0.4, 0.5) is 0 Å². The van der Waals surface area contributed by atoms with E-state index in [1.54, 1.807) is 0 Å². The molecule has 1 atom stereocenters. The predicted molar refractivity (Wildman–Crippen MR) is 67.1 cm³/mol. The second-order valence-electron chi connectivity index (χ2n) is 5.44. The molecule has 1 aliphatic carbocycles. The fraction of sp³-hybridized carbons (Fsp3) is 0.692. The molecule has 0 bridgehead atoms. The zero-order valence-electron chi connectivity index (χ0n) is 11.3. The third-order valence-corrected chi connectivity index (χ3v) is 3.52. The van der Waals surface area contributed by atoms with E-state index in [-0.39, 0.29) is 23.2 Å². The van der Waals surface area contributed by atoms with E-state index in [2.05, 4.69) is 21.5 Å². The van der Waals surface area contributed by atoms with Crippen molar-refractivity contribution in [3.8, 4) is 6.07 Å². The van der Waals surface area contributed by atoms with Crippen LogP contribution in [0.5, 0.6) is 0 Å². The lowest BCUT2D eigenvalue weighted by atomic mass is 9.81. The molecule has 0 radical (unpaired) electrons. The average molecular weight is 262 g/mol. The van der Waals surface area contributed by atoms with Crippen LogP contribution in [0.15, 0.2) is 4.52 Å². The SMILES string of the molecule is CCC(C)(CC#N)Cc1nc(C(=O)NC2CC2)no1. The summed E-state index contributed by atoms with van der Waals surface area (Å²) in [5.41, 5.74) is -0.189. The van der Waals surface area contributed by atoms with Gasteiger partial charge in [-0.2, -0.15) is 10.2 Å². The van der Waals surface area contributed by atoms with Crippen molar-refractivity contribution in [1.82, 2.24) is 15.5 Å². The summed E-state index contributed by atoms with van der Waals surface area (Å²) in [7, 11) is 0. The quantitative estimate of drug-likeness (QED) is 0.844. The van der Waals surface area contributed by atoms with Crippen LogP contribution >= 0.6 is 0 Å². The highest BCUT2D eigenvalue weighted by Gasteiger charge is 2.28. The first-order valence-electron chi connectivity index (χ1n) is 6.57. The molecule has 1 heterocycles. The first kappa shape index (κ1) is 13.5. The van der Waals surface area contributed by atoms with Crippen LogP contribution in [0.2, 0.25) is 0 Å². The maximum atomic E-state index is 11.7. The number of hydrogen-bond donors (Lipinski definition) is 1. The van der Waals surface area contributed by atoms with E-state index < -0.39 is 0 Å². The molecule has 1 unspecified atom stereocenters. The van der Waals surface area contributed by atoms with E-state index in [1.807, 2.05) is 13.8 Å². The highest BCUT2D eigenvalue weighted by Crippen LogP contribution is 2.29. The Balaban J connectivity index is 1.99. The van der Waals surface area contributed by atoms with Crippen LogP contribution < -0.4 is 5.32 Å². The molecular weight excluding hydrogens is 244 g/mol. The summed E-state index contributed by atoms with van der Waals surface area (Å²) in [4.78, 5) is 15.8. The molecule has 6 nitrogen and oxygen atoms in total. The molecular formula is C13H18N4O2. The van der Waals surface area contributed by atoms with Gasteiger partial charge >= 0.3 is 0 Å². The van der Waals surface area contributed by atoms with Gasteiger partial charge < -0.3 is 9.84 Å². The number of aromatic nitrogens is 2. The number of carbonyl (C=O) groups is 1. The van der Waals surface area contributed by atoms with Crippen LogP contribution in [-0.4, -0.2) is 22.1 Å². The first-order chi connectivity index (χ1) is 9.06. The van der Waals surface area contributed by atoms with Crippen molar-refractivity contribution >= 4 is 5.91 Å². The minimum atomic E-state index is -0.281. The molecule has 6 heteroatoms. The summed E-state index contributed by atoms with van der Waals surface area (Å²) in [6, 6.07) is 2.45. The second kappa shape index (κ2) is 5.39. The number of amides is 1. The van der Waals surface area contributed by atoms with Gasteiger partial charge in [0.05, 0.1) is 6.07 Å². The standard InChI is InChI=1S/C13H18N4O2/c1-3-13(2,6-7-14)8-10-16-11(17-19-10)12(18)15-9-4-5-9/h9H,3-6,8H2,1-2H3,(H,15,18). The van der Waals surface area contributed by atoms with Crippen molar-refractivity contribution in [2.75, 3.05) is 0 Å². The average Bonchev–Trinajstić information content (AvgIpc) is 3.06. The Morgan fingerprint density at radius 1 is 1.63 bits per heavy atom. The van der Waals surface area contributed by atoms with Crippen LogP contribution in [0, 0.1) is 16.7 Å². The lowest BCUT2D eigenvalue weighted by Gasteiger charge is -2.22. The van der Waals surface area contributed by atoms with Crippen molar-refractivity contribution in [3.05, 3.63) is 11.7 Å². The number of hydrogen-bond acceptors (Lipinski definition) is 5. The van der Waals surface area contributed by atoms with Gasteiger partial charge in [-0.05, 0) is 24.7 Å². The number of rotatable bonds is 6. The minimum Gasteiger partial charge on any atom is -0.346 e. The minimum absolute atomic E-state index is 0.0808. The van der Waals surface area contributed by atoms with Crippen molar-refractivity contribution in [2.24, 2.45) is 5.41 Å². The Kier molecular flexibility index (Phi) is 3.84. The molecule has 1 fully saturated rings. The van der Waals surface area contributed by atoms with Gasteiger partial charge in [-0.15, -0.1) is 0 Å². The van der Waals surface area contributed by atoms with Crippen LogP contribution in [0.25, 0.3) is 0 Å². The highest BCUT2D eigenvalue weighted by atomic mass is 16.5. The largest absolute Gasteiger partial charge is 0.346 e. The summed E-state index contributed by atoms with van der Waals surface area (Å²) >= 11 is 0. The molecule has 1 aromatic rings. The van der Waals surface area contributed by atoms with Gasteiger partial charge in [-0.3, -0.25) is 4.79 Å². The third-order valence-electron chi connectivity index (χ3n) is 3.52. The van der Waals surface area contributed by atoms with Gasteiger partial charge in [0.2, 0.25) is 5.89 Å². The van der Waals surface area contributed by atoms with E-state index in [0.29, 0.717) is 18.7 Å². The molecule has 0 spiro atoms. The van der Waals surface area contributed by atoms with Crippen molar-refractivity contribution in [2.45, 2.75) is 52.0 Å². The number of nitriles is 1. The molecule has 1 aliphatic rings. The zero-order chi connectivity index (χ0) is 13.9. The van der Waals surface area contributed by atoms with E-state index in [4.69, 9.17) is 9.78 Å². The lowest BCUT2D eigenvalue weighted by Crippen LogP contribution is -2.26. The van der Waals surface area contributed by atoms with Crippen molar-refractivity contribution in [1.29, 1.82) is 5.26 Å². The van der Waals surface area contributed by atoms with Crippen LogP contribution in [0.3, 0.4) is 0 Å². The molecule has 0 aromatic carbocycles. The van der Waals surface area contributed by atoms with Crippen LogP contribution in [0.1, 0.15) is 56.0 Å². The number of nitrogens with zero attached hydrogens (tertiary/aromatic N) is 3. The Morgan fingerprint density at radius 3 is 2.95 bits per heavy atom. The molecule has 0 saturated heterocycles. The van der Waals surface area contributed by atoms with E-state index in [1.165, 1.54) is 0 Å². The maximum absolute atomic E-state index is 11.7. The smallest absolute Gasteiger partial charge is 0.292 e. The summed E-state index contributed by atoms with van der Waals surface area (Å²) in [6.45, 7) is 4.03. The first-order valence-corrected chi connectivity index (χ1v) is 6.57. The predicted octanol–water partition coefficient (Wildman–Crippen LogP) is 1.83. The lowest BCUT2D eigenvalue weighted by molar-refractivity contribution is 0.0937. The summed E-state index contributed by atoms with van der Waals surface area (Å²) in [5, 5.41) is 15.3. The Morgan fingerprint density at radius 2 is 2.37 bits per heavy atom. The maximum Gasteiger partial charge on any atom is 0.292 e. The topological polar surface area (TPSA) is 91.8 Å². The van der Waals surface area contributed by atoms with Gasteiger partial charge in [-0.25, -0.2) is 0 Å². The fourth-order valence-corrected chi connectivity index (χ4v) is 1.76. The zero-order valence-corrected chi connectivity index (χ0v) is 11.3. The Hall–Kier alpha value is -1.90. The van der Waals surface area contributed by atoms with Crippen molar-refractivity contribution in [3.63, 3.8) is 0 Å². The molecule has 1 N–H and O–H groups in total. The highest BCUT2D eigenvalue weighted by molar-refractivity contribution is 5.90. The van der Waals surface area contributed by atoms with Gasteiger partial charge in [0, 0.05) is 18.9 Å².